The fourth-order valence-electron chi connectivity index (χ4n) is 4.62. The molecule has 2 atom stereocenters. The third kappa shape index (κ3) is 3.35. The SMILES string of the molecule is O=C(NO)C1CC2(CC2)CNC1C(=O)N1CCC(c2ccccc2)CC1. The van der Waals surface area contributed by atoms with Gasteiger partial charge in [0, 0.05) is 19.6 Å². The number of carbonyl (C=O) groups excluding carboxylic acids is 2. The van der Waals surface area contributed by atoms with Crippen molar-refractivity contribution in [3.8, 4) is 0 Å². The average molecular weight is 357 g/mol. The molecule has 3 fully saturated rings. The van der Waals surface area contributed by atoms with Gasteiger partial charge in [-0.15, -0.1) is 0 Å². The maximum Gasteiger partial charge on any atom is 0.248 e. The molecule has 26 heavy (non-hydrogen) atoms. The van der Waals surface area contributed by atoms with Crippen LogP contribution in [0.2, 0.25) is 0 Å². The van der Waals surface area contributed by atoms with E-state index in [4.69, 9.17) is 5.21 Å². The molecule has 1 aromatic rings. The van der Waals surface area contributed by atoms with E-state index < -0.39 is 17.9 Å². The van der Waals surface area contributed by atoms with Crippen molar-refractivity contribution < 1.29 is 14.8 Å². The molecule has 3 N–H and O–H groups in total. The second kappa shape index (κ2) is 7.00. The van der Waals surface area contributed by atoms with Gasteiger partial charge in [0.15, 0.2) is 0 Å². The Morgan fingerprint density at radius 2 is 1.85 bits per heavy atom. The summed E-state index contributed by atoms with van der Waals surface area (Å²) >= 11 is 0. The Morgan fingerprint density at radius 1 is 1.15 bits per heavy atom. The number of hydrogen-bond acceptors (Lipinski definition) is 4. The highest BCUT2D eigenvalue weighted by molar-refractivity contribution is 5.90. The molecule has 1 aliphatic carbocycles. The lowest BCUT2D eigenvalue weighted by molar-refractivity contribution is -0.145. The molecule has 2 saturated heterocycles. The number of nitrogens with zero attached hydrogens (tertiary/aromatic N) is 1. The quantitative estimate of drug-likeness (QED) is 0.568. The normalized spacial score (nSPS) is 28.0. The van der Waals surface area contributed by atoms with Crippen LogP contribution >= 0.6 is 0 Å². The predicted octanol–water partition coefficient (Wildman–Crippen LogP) is 1.66. The maximum atomic E-state index is 13.1. The molecule has 1 aromatic carbocycles. The summed E-state index contributed by atoms with van der Waals surface area (Å²) in [6.07, 6.45) is 4.77. The van der Waals surface area contributed by atoms with Crippen molar-refractivity contribution in [3.63, 3.8) is 0 Å². The van der Waals surface area contributed by atoms with Crippen molar-refractivity contribution in [1.29, 1.82) is 0 Å². The Hall–Kier alpha value is -1.92. The summed E-state index contributed by atoms with van der Waals surface area (Å²) in [5.74, 6) is -0.442. The number of hydroxylamine groups is 1. The fourth-order valence-corrected chi connectivity index (χ4v) is 4.62. The zero-order valence-electron chi connectivity index (χ0n) is 15.0. The van der Waals surface area contributed by atoms with Crippen LogP contribution in [0.15, 0.2) is 30.3 Å². The summed E-state index contributed by atoms with van der Waals surface area (Å²) in [4.78, 5) is 27.1. The van der Waals surface area contributed by atoms with E-state index in [0.717, 1.165) is 45.3 Å². The maximum absolute atomic E-state index is 13.1. The molecular weight excluding hydrogens is 330 g/mol. The van der Waals surface area contributed by atoms with Crippen molar-refractivity contribution in [2.45, 2.75) is 44.1 Å². The zero-order valence-corrected chi connectivity index (χ0v) is 15.0. The molecule has 2 aliphatic heterocycles. The van der Waals surface area contributed by atoms with Gasteiger partial charge in [0.2, 0.25) is 11.8 Å². The summed E-state index contributed by atoms with van der Waals surface area (Å²) in [5, 5.41) is 12.4. The van der Waals surface area contributed by atoms with Crippen molar-refractivity contribution in [2.24, 2.45) is 11.3 Å². The van der Waals surface area contributed by atoms with E-state index in [-0.39, 0.29) is 11.3 Å². The van der Waals surface area contributed by atoms with E-state index in [1.807, 2.05) is 11.0 Å². The van der Waals surface area contributed by atoms with Crippen molar-refractivity contribution in [1.82, 2.24) is 15.7 Å². The smallest absolute Gasteiger partial charge is 0.248 e. The predicted molar refractivity (Wildman–Crippen MR) is 96.5 cm³/mol. The number of amides is 2. The molecular formula is C20H27N3O3. The first-order valence-electron chi connectivity index (χ1n) is 9.63. The van der Waals surface area contributed by atoms with Gasteiger partial charge in [0.25, 0.3) is 0 Å². The van der Waals surface area contributed by atoms with Crippen LogP contribution in [0.25, 0.3) is 0 Å². The summed E-state index contributed by atoms with van der Waals surface area (Å²) in [7, 11) is 0. The molecule has 6 nitrogen and oxygen atoms in total. The van der Waals surface area contributed by atoms with E-state index in [0.29, 0.717) is 12.3 Å². The fraction of sp³-hybridized carbons (Fsp3) is 0.600. The molecule has 1 spiro atoms. The average Bonchev–Trinajstić information content (AvgIpc) is 3.46. The monoisotopic (exact) mass is 357 g/mol. The van der Waals surface area contributed by atoms with Gasteiger partial charge < -0.3 is 10.2 Å². The van der Waals surface area contributed by atoms with E-state index in [2.05, 4.69) is 29.6 Å². The standard InChI is InChI=1S/C20H27N3O3/c24-18(22-26)16-12-20(8-9-20)13-21-17(16)19(25)23-10-6-15(7-11-23)14-4-2-1-3-5-14/h1-5,15-17,21,26H,6-13H2,(H,22,24). The molecule has 0 bridgehead atoms. The topological polar surface area (TPSA) is 81.7 Å². The lowest BCUT2D eigenvalue weighted by atomic mass is 9.81. The molecule has 1 saturated carbocycles. The number of likely N-dealkylation sites (tertiary alicyclic amines) is 1. The number of hydrogen-bond donors (Lipinski definition) is 3. The van der Waals surface area contributed by atoms with Crippen LogP contribution in [0.5, 0.6) is 0 Å². The van der Waals surface area contributed by atoms with Gasteiger partial charge in [-0.05, 0) is 49.0 Å². The van der Waals surface area contributed by atoms with Crippen molar-refractivity contribution >= 4 is 11.8 Å². The van der Waals surface area contributed by atoms with Crippen molar-refractivity contribution in [3.05, 3.63) is 35.9 Å². The van der Waals surface area contributed by atoms with Crippen LogP contribution in [0.3, 0.4) is 0 Å². The Bertz CT molecular complexity index is 666. The van der Waals surface area contributed by atoms with Crippen LogP contribution in [0.4, 0.5) is 0 Å². The van der Waals surface area contributed by atoms with Gasteiger partial charge in [0.05, 0.1) is 12.0 Å². The molecule has 2 heterocycles. The first-order valence-corrected chi connectivity index (χ1v) is 9.63. The Labute approximate surface area is 153 Å². The first-order chi connectivity index (χ1) is 12.6. The molecule has 0 radical (unpaired) electrons. The molecule has 4 rings (SSSR count). The lowest BCUT2D eigenvalue weighted by Gasteiger charge is -2.40. The van der Waals surface area contributed by atoms with Crippen LogP contribution in [-0.2, 0) is 9.59 Å². The van der Waals surface area contributed by atoms with E-state index in [1.165, 1.54) is 5.56 Å². The van der Waals surface area contributed by atoms with E-state index in [9.17, 15) is 9.59 Å². The summed E-state index contributed by atoms with van der Waals surface area (Å²) < 4.78 is 0. The number of benzene rings is 1. The van der Waals surface area contributed by atoms with Gasteiger partial charge in [-0.2, -0.15) is 0 Å². The van der Waals surface area contributed by atoms with Crippen LogP contribution in [0.1, 0.15) is 43.6 Å². The van der Waals surface area contributed by atoms with Crippen LogP contribution in [-0.4, -0.2) is 47.6 Å². The summed E-state index contributed by atoms with van der Waals surface area (Å²) in [5.41, 5.74) is 3.26. The molecule has 0 aromatic heterocycles. The number of carbonyl (C=O) groups is 2. The molecule has 6 heteroatoms. The van der Waals surface area contributed by atoms with Gasteiger partial charge in [-0.1, -0.05) is 30.3 Å². The number of rotatable bonds is 3. The van der Waals surface area contributed by atoms with Gasteiger partial charge >= 0.3 is 0 Å². The summed E-state index contributed by atoms with van der Waals surface area (Å²) in [6, 6.07) is 9.93. The summed E-state index contributed by atoms with van der Waals surface area (Å²) in [6.45, 7) is 2.23. The minimum absolute atomic E-state index is 0.000566. The molecule has 3 aliphatic rings. The van der Waals surface area contributed by atoms with Crippen molar-refractivity contribution in [2.75, 3.05) is 19.6 Å². The molecule has 140 valence electrons. The largest absolute Gasteiger partial charge is 0.341 e. The van der Waals surface area contributed by atoms with Gasteiger partial charge in [0.1, 0.15) is 0 Å². The lowest BCUT2D eigenvalue weighted by Crippen LogP contribution is -2.59. The van der Waals surface area contributed by atoms with Gasteiger partial charge in [-0.25, -0.2) is 5.48 Å². The second-order valence-corrected chi connectivity index (χ2v) is 8.16. The Morgan fingerprint density at radius 3 is 2.46 bits per heavy atom. The third-order valence-electron chi connectivity index (χ3n) is 6.50. The Balaban J connectivity index is 1.40. The highest BCUT2D eigenvalue weighted by atomic mass is 16.5. The first kappa shape index (κ1) is 17.5. The van der Waals surface area contributed by atoms with E-state index >= 15 is 0 Å². The second-order valence-electron chi connectivity index (χ2n) is 8.16. The molecule has 2 unspecified atom stereocenters. The molecule has 2 amide bonds. The van der Waals surface area contributed by atoms with Crippen LogP contribution < -0.4 is 10.8 Å². The minimum Gasteiger partial charge on any atom is -0.341 e. The Kier molecular flexibility index (Phi) is 4.71. The highest BCUT2D eigenvalue weighted by Gasteiger charge is 2.52. The van der Waals surface area contributed by atoms with E-state index in [1.54, 1.807) is 5.48 Å². The third-order valence-corrected chi connectivity index (χ3v) is 6.50. The highest BCUT2D eigenvalue weighted by Crippen LogP contribution is 2.52. The van der Waals surface area contributed by atoms with Crippen LogP contribution in [0, 0.1) is 11.3 Å². The zero-order chi connectivity index (χ0) is 18.1. The minimum atomic E-state index is -0.526. The van der Waals surface area contributed by atoms with Gasteiger partial charge in [-0.3, -0.25) is 14.8 Å². The number of nitrogens with one attached hydrogen (secondary N) is 2. The number of piperidine rings is 2.